The molecule has 1 aliphatic rings. The van der Waals surface area contributed by atoms with Gasteiger partial charge in [-0.1, -0.05) is 43.3 Å². The van der Waals surface area contributed by atoms with Crippen LogP contribution >= 0.6 is 11.8 Å². The maximum absolute atomic E-state index is 9.69. The fourth-order valence-electron chi connectivity index (χ4n) is 4.91. The molecule has 44 heavy (non-hydrogen) atoms. The Labute approximate surface area is 264 Å². The molecule has 240 valence electrons. The number of aliphatic hydroxyl groups excluding tert-OH is 1. The Balaban J connectivity index is 1.55. The molecule has 0 radical (unpaired) electrons. The van der Waals surface area contributed by atoms with Gasteiger partial charge in [0.15, 0.2) is 0 Å². The second-order valence-electron chi connectivity index (χ2n) is 10.2. The van der Waals surface area contributed by atoms with E-state index < -0.39 is 24.4 Å². The first-order valence-electron chi connectivity index (χ1n) is 14.8. The van der Waals surface area contributed by atoms with E-state index in [9.17, 15) is 5.11 Å². The first kappa shape index (κ1) is 34.1. The predicted octanol–water partition coefficient (Wildman–Crippen LogP) is 5.26. The molecule has 0 spiro atoms. The van der Waals surface area contributed by atoms with Gasteiger partial charge in [0.05, 0.1) is 61.0 Å². The van der Waals surface area contributed by atoms with E-state index in [2.05, 4.69) is 6.92 Å². The molecule has 1 heterocycles. The maximum Gasteiger partial charge on any atom is 0.132 e. The van der Waals surface area contributed by atoms with Crippen molar-refractivity contribution in [1.82, 2.24) is 0 Å². The summed E-state index contributed by atoms with van der Waals surface area (Å²) in [5, 5.41) is 9.69. The van der Waals surface area contributed by atoms with Gasteiger partial charge in [-0.3, -0.25) is 0 Å². The normalized spacial score (nSPS) is 21.6. The zero-order valence-corrected chi connectivity index (χ0v) is 26.7. The van der Waals surface area contributed by atoms with Gasteiger partial charge in [0.1, 0.15) is 47.1 Å². The van der Waals surface area contributed by atoms with E-state index in [0.29, 0.717) is 19.8 Å². The second-order valence-corrected chi connectivity index (χ2v) is 11.5. The number of aliphatic hydroxyl groups is 1. The van der Waals surface area contributed by atoms with Crippen molar-refractivity contribution in [2.45, 2.75) is 56.6 Å². The van der Waals surface area contributed by atoms with Crippen LogP contribution in [0.4, 0.5) is 0 Å². The van der Waals surface area contributed by atoms with Gasteiger partial charge >= 0.3 is 0 Å². The quantitative estimate of drug-likeness (QED) is 0.201. The Morgan fingerprint density at radius 3 is 1.57 bits per heavy atom. The molecule has 1 aliphatic heterocycles. The van der Waals surface area contributed by atoms with Gasteiger partial charge < -0.3 is 43.0 Å². The third kappa shape index (κ3) is 9.84. The van der Waals surface area contributed by atoms with Crippen molar-refractivity contribution in [3.05, 3.63) is 89.5 Å². The fourth-order valence-corrected chi connectivity index (χ4v) is 5.88. The van der Waals surface area contributed by atoms with E-state index in [0.717, 1.165) is 39.7 Å². The highest BCUT2D eigenvalue weighted by molar-refractivity contribution is 7.99. The van der Waals surface area contributed by atoms with Crippen molar-refractivity contribution in [1.29, 1.82) is 0 Å². The third-order valence-electron chi connectivity index (χ3n) is 7.24. The number of rotatable bonds is 18. The molecule has 4 rings (SSSR count). The Morgan fingerprint density at radius 2 is 1.11 bits per heavy atom. The highest BCUT2D eigenvalue weighted by Gasteiger charge is 2.48. The molecule has 0 bridgehead atoms. The van der Waals surface area contributed by atoms with Crippen molar-refractivity contribution in [3.63, 3.8) is 0 Å². The Hall–Kier alpha value is -2.83. The Morgan fingerprint density at radius 1 is 0.636 bits per heavy atom. The van der Waals surface area contributed by atoms with Gasteiger partial charge in [0.2, 0.25) is 0 Å². The van der Waals surface area contributed by atoms with Gasteiger partial charge in [-0.2, -0.15) is 0 Å². The number of hydrogen-bond acceptors (Lipinski definition) is 10. The smallest absolute Gasteiger partial charge is 0.132 e. The summed E-state index contributed by atoms with van der Waals surface area (Å²) >= 11 is 1.66. The van der Waals surface area contributed by atoms with Gasteiger partial charge in [0.25, 0.3) is 0 Å². The van der Waals surface area contributed by atoms with Crippen LogP contribution in [0.1, 0.15) is 23.6 Å². The van der Waals surface area contributed by atoms with Gasteiger partial charge in [0, 0.05) is 0 Å². The summed E-state index contributed by atoms with van der Waals surface area (Å²) < 4.78 is 48.1. The summed E-state index contributed by atoms with van der Waals surface area (Å²) in [5.74, 6) is 3.17. The van der Waals surface area contributed by atoms with Gasteiger partial charge in [-0.15, -0.1) is 11.8 Å². The monoisotopic (exact) mass is 628 g/mol. The van der Waals surface area contributed by atoms with Crippen molar-refractivity contribution in [3.8, 4) is 17.2 Å². The van der Waals surface area contributed by atoms with E-state index in [1.165, 1.54) is 0 Å². The summed E-state index contributed by atoms with van der Waals surface area (Å²) in [7, 11) is 4.93. The molecule has 1 saturated heterocycles. The van der Waals surface area contributed by atoms with Crippen LogP contribution in [-0.2, 0) is 43.5 Å². The summed E-state index contributed by atoms with van der Waals surface area (Å²) in [6, 6.07) is 23.3. The molecular formula is C34H44O9S. The summed E-state index contributed by atoms with van der Waals surface area (Å²) in [4.78, 5) is 0. The molecule has 0 amide bonds. The van der Waals surface area contributed by atoms with Crippen LogP contribution < -0.4 is 14.2 Å². The van der Waals surface area contributed by atoms with E-state index >= 15 is 0 Å². The van der Waals surface area contributed by atoms with Crippen molar-refractivity contribution < 1.29 is 43.0 Å². The minimum absolute atomic E-state index is 0.127. The average molecular weight is 629 g/mol. The van der Waals surface area contributed by atoms with Crippen LogP contribution in [0.3, 0.4) is 0 Å². The molecule has 10 heteroatoms. The predicted molar refractivity (Wildman–Crippen MR) is 169 cm³/mol. The van der Waals surface area contributed by atoms with E-state index in [1.54, 1.807) is 33.1 Å². The zero-order valence-electron chi connectivity index (χ0n) is 25.9. The third-order valence-corrected chi connectivity index (χ3v) is 8.28. The van der Waals surface area contributed by atoms with Crippen LogP contribution in [0.5, 0.6) is 17.2 Å². The Bertz CT molecular complexity index is 1210. The first-order chi connectivity index (χ1) is 21.6. The van der Waals surface area contributed by atoms with Crippen molar-refractivity contribution in [2.24, 2.45) is 0 Å². The highest BCUT2D eigenvalue weighted by Crippen LogP contribution is 2.35. The number of methoxy groups -OCH3 is 3. The highest BCUT2D eigenvalue weighted by atomic mass is 32.2. The Kier molecular flexibility index (Phi) is 14.1. The molecule has 0 saturated carbocycles. The molecule has 3 aromatic carbocycles. The summed E-state index contributed by atoms with van der Waals surface area (Å²) in [6.45, 7) is 3.44. The molecule has 1 N–H and O–H groups in total. The van der Waals surface area contributed by atoms with Crippen molar-refractivity contribution in [2.75, 3.05) is 46.9 Å². The number of hydrogen-bond donors (Lipinski definition) is 1. The number of thioether (sulfide) groups is 1. The van der Waals surface area contributed by atoms with E-state index in [1.807, 2.05) is 72.8 Å². The topological polar surface area (TPSA) is 94.1 Å². The minimum Gasteiger partial charge on any atom is -0.497 e. The lowest BCUT2D eigenvalue weighted by atomic mass is 9.99. The lowest BCUT2D eigenvalue weighted by Gasteiger charge is -2.46. The van der Waals surface area contributed by atoms with Crippen LogP contribution in [0.2, 0.25) is 0 Å². The van der Waals surface area contributed by atoms with E-state index in [-0.39, 0.29) is 25.3 Å². The molecule has 0 aromatic heterocycles. The van der Waals surface area contributed by atoms with E-state index in [4.69, 9.17) is 37.9 Å². The number of ether oxygens (including phenoxy) is 8. The van der Waals surface area contributed by atoms with Crippen molar-refractivity contribution >= 4 is 11.8 Å². The maximum atomic E-state index is 9.69. The fraction of sp³-hybridized carbons (Fsp3) is 0.471. The summed E-state index contributed by atoms with van der Waals surface area (Å²) in [6.07, 6.45) is -1.97. The standard InChI is InChI=1S/C34H44O9S/c1-5-44-34-33(42-22-26-10-16-29(38-4)17-11-26)32(41-21-25-8-14-28(37-3)15-9-25)31(40-19-18-35)30(43-34)23-39-20-24-6-12-27(36-2)13-7-24/h6-17,30-35H,5,18-23H2,1-4H3/t30-,31+,32+,33-,34+/m1/s1. The minimum atomic E-state index is -0.550. The molecule has 5 atom stereocenters. The number of benzene rings is 3. The molecule has 9 nitrogen and oxygen atoms in total. The lowest BCUT2D eigenvalue weighted by molar-refractivity contribution is -0.253. The molecule has 0 unspecified atom stereocenters. The molecule has 0 aliphatic carbocycles. The molecular weight excluding hydrogens is 584 g/mol. The average Bonchev–Trinajstić information content (AvgIpc) is 3.07. The first-order valence-corrected chi connectivity index (χ1v) is 15.8. The van der Waals surface area contributed by atoms with Gasteiger partial charge in [-0.05, 0) is 58.8 Å². The second kappa shape index (κ2) is 18.2. The largest absolute Gasteiger partial charge is 0.497 e. The lowest BCUT2D eigenvalue weighted by Crippen LogP contribution is -2.60. The van der Waals surface area contributed by atoms with Gasteiger partial charge in [-0.25, -0.2) is 0 Å². The molecule has 1 fully saturated rings. The zero-order chi connectivity index (χ0) is 31.1. The summed E-state index contributed by atoms with van der Waals surface area (Å²) in [5.41, 5.74) is 2.67. The SMILES string of the molecule is CCS[C@@H]1O[C@H](COCc2ccc(OC)cc2)[C@H](OCCO)[C@H](OCc2ccc(OC)cc2)[C@H]1OCc1ccc(OC)cc1. The molecule has 3 aromatic rings. The van der Waals surface area contributed by atoms with Crippen LogP contribution in [0.25, 0.3) is 0 Å². The van der Waals surface area contributed by atoms with Crippen LogP contribution in [0.15, 0.2) is 72.8 Å². The van der Waals surface area contributed by atoms with Crippen LogP contribution in [0, 0.1) is 0 Å². The van der Waals surface area contributed by atoms with Crippen LogP contribution in [-0.4, -0.2) is 81.9 Å².